The van der Waals surface area contributed by atoms with Crippen LogP contribution in [0.1, 0.15) is 20.8 Å². The first-order valence-electron chi connectivity index (χ1n) is 4.52. The number of hydrogen-bond donors (Lipinski definition) is 0. The van der Waals surface area contributed by atoms with Crippen molar-refractivity contribution < 1.29 is 14.2 Å². The highest BCUT2D eigenvalue weighted by Gasteiger charge is 2.42. The second-order valence-corrected chi connectivity index (χ2v) is 3.31. The van der Waals surface area contributed by atoms with Gasteiger partial charge in [-0.2, -0.15) is 0 Å². The summed E-state index contributed by atoms with van der Waals surface area (Å²) in [4.78, 5) is 0. The van der Waals surface area contributed by atoms with Gasteiger partial charge in [0, 0.05) is 6.61 Å². The van der Waals surface area contributed by atoms with Gasteiger partial charge in [-0.3, -0.25) is 0 Å². The van der Waals surface area contributed by atoms with E-state index in [1.807, 2.05) is 13.8 Å². The van der Waals surface area contributed by atoms with Gasteiger partial charge in [-0.1, -0.05) is 0 Å². The van der Waals surface area contributed by atoms with Crippen molar-refractivity contribution in [1.29, 1.82) is 0 Å². The molecule has 0 N–H and O–H groups in total. The van der Waals surface area contributed by atoms with Gasteiger partial charge in [0.2, 0.25) is 0 Å². The summed E-state index contributed by atoms with van der Waals surface area (Å²) in [6.07, 6.45) is 0.221. The van der Waals surface area contributed by atoms with Crippen LogP contribution in [0.25, 0.3) is 0 Å². The van der Waals surface area contributed by atoms with Crippen molar-refractivity contribution in [1.82, 2.24) is 0 Å². The molecule has 0 spiro atoms. The molecule has 3 nitrogen and oxygen atoms in total. The first-order chi connectivity index (χ1) is 5.69. The average molecular weight is 174 g/mol. The van der Waals surface area contributed by atoms with Gasteiger partial charge in [-0.15, -0.1) is 0 Å². The lowest BCUT2D eigenvalue weighted by Crippen LogP contribution is -2.56. The van der Waals surface area contributed by atoms with Crippen LogP contribution < -0.4 is 0 Å². The summed E-state index contributed by atoms with van der Waals surface area (Å²) in [5, 5.41) is 0. The summed E-state index contributed by atoms with van der Waals surface area (Å²) in [6.45, 7) is 8.90. The molecule has 12 heavy (non-hydrogen) atoms. The van der Waals surface area contributed by atoms with Gasteiger partial charge in [0.1, 0.15) is 5.60 Å². The summed E-state index contributed by atoms with van der Waals surface area (Å²) < 4.78 is 16.0. The minimum atomic E-state index is -0.0723. The molecule has 0 aromatic carbocycles. The molecule has 1 fully saturated rings. The zero-order valence-corrected chi connectivity index (χ0v) is 8.13. The lowest BCUT2D eigenvalue weighted by molar-refractivity contribution is -0.247. The van der Waals surface area contributed by atoms with Gasteiger partial charge in [-0.25, -0.2) is 0 Å². The molecule has 0 aliphatic carbocycles. The Hall–Kier alpha value is -0.120. The highest BCUT2D eigenvalue weighted by Crippen LogP contribution is 2.28. The Labute approximate surface area is 74.0 Å². The second-order valence-electron chi connectivity index (χ2n) is 3.31. The van der Waals surface area contributed by atoms with Crippen molar-refractivity contribution >= 4 is 0 Å². The maximum absolute atomic E-state index is 5.63. The average Bonchev–Trinajstić information content (AvgIpc) is 2.09. The fourth-order valence-corrected chi connectivity index (χ4v) is 1.12. The van der Waals surface area contributed by atoms with E-state index in [4.69, 9.17) is 14.2 Å². The Bertz CT molecular complexity index is 138. The van der Waals surface area contributed by atoms with Crippen LogP contribution in [0, 0.1) is 0 Å². The monoisotopic (exact) mass is 174 g/mol. The summed E-state index contributed by atoms with van der Waals surface area (Å²) >= 11 is 0. The molecule has 1 saturated heterocycles. The molecule has 0 aromatic heterocycles. The van der Waals surface area contributed by atoms with Crippen molar-refractivity contribution in [3.63, 3.8) is 0 Å². The molecule has 1 aliphatic rings. The fourth-order valence-electron chi connectivity index (χ4n) is 1.12. The van der Waals surface area contributed by atoms with Crippen LogP contribution >= 0.6 is 0 Å². The quantitative estimate of drug-likeness (QED) is 0.586. The van der Waals surface area contributed by atoms with Crippen LogP contribution in [-0.4, -0.2) is 38.1 Å². The zero-order chi connectivity index (χ0) is 9.03. The van der Waals surface area contributed by atoms with E-state index in [9.17, 15) is 0 Å². The number of hydrogen-bond acceptors (Lipinski definition) is 3. The number of ether oxygens (including phenoxy) is 3. The van der Waals surface area contributed by atoms with Gasteiger partial charge in [0.15, 0.2) is 0 Å². The summed E-state index contributed by atoms with van der Waals surface area (Å²) in [7, 11) is 0. The smallest absolute Gasteiger partial charge is 0.114 e. The Kier molecular flexibility index (Phi) is 3.50. The molecule has 3 heteroatoms. The zero-order valence-electron chi connectivity index (χ0n) is 8.13. The van der Waals surface area contributed by atoms with Gasteiger partial charge >= 0.3 is 0 Å². The third kappa shape index (κ3) is 2.19. The molecule has 0 bridgehead atoms. The molecule has 2 atom stereocenters. The topological polar surface area (TPSA) is 27.7 Å². The van der Waals surface area contributed by atoms with Crippen molar-refractivity contribution in [3.05, 3.63) is 0 Å². The van der Waals surface area contributed by atoms with E-state index in [0.29, 0.717) is 19.8 Å². The minimum absolute atomic E-state index is 0.0723. The van der Waals surface area contributed by atoms with E-state index >= 15 is 0 Å². The molecule has 0 aromatic rings. The van der Waals surface area contributed by atoms with Crippen LogP contribution in [0.5, 0.6) is 0 Å². The third-order valence-electron chi connectivity index (χ3n) is 2.34. The van der Waals surface area contributed by atoms with Gasteiger partial charge in [0.25, 0.3) is 0 Å². The van der Waals surface area contributed by atoms with E-state index in [0.717, 1.165) is 6.61 Å². The highest BCUT2D eigenvalue weighted by atomic mass is 16.6. The summed E-state index contributed by atoms with van der Waals surface area (Å²) in [5.74, 6) is 0. The largest absolute Gasteiger partial charge is 0.379 e. The van der Waals surface area contributed by atoms with Crippen molar-refractivity contribution in [2.75, 3.05) is 26.4 Å². The predicted octanol–water partition coefficient (Wildman–Crippen LogP) is 1.22. The maximum atomic E-state index is 5.63. The first kappa shape index (κ1) is 9.96. The first-order valence-corrected chi connectivity index (χ1v) is 4.52. The van der Waals surface area contributed by atoms with Crippen LogP contribution in [-0.2, 0) is 14.2 Å². The summed E-state index contributed by atoms with van der Waals surface area (Å²) in [5.41, 5.74) is -0.0723. The molecular weight excluding hydrogens is 156 g/mol. The molecule has 0 saturated carbocycles. The van der Waals surface area contributed by atoms with E-state index < -0.39 is 0 Å². The van der Waals surface area contributed by atoms with Crippen molar-refractivity contribution in [2.45, 2.75) is 32.5 Å². The van der Waals surface area contributed by atoms with Gasteiger partial charge in [0.05, 0.1) is 25.9 Å². The normalized spacial score (nSPS) is 34.8. The van der Waals surface area contributed by atoms with Gasteiger partial charge in [-0.05, 0) is 20.8 Å². The standard InChI is InChI=1S/C9H18O3/c1-4-10-5-6-12-9(3)7-11-8(9)2/h8H,4-7H2,1-3H3. The Morgan fingerprint density at radius 3 is 2.67 bits per heavy atom. The molecule has 72 valence electrons. The van der Waals surface area contributed by atoms with E-state index in [2.05, 4.69) is 6.92 Å². The molecule has 1 heterocycles. The number of rotatable bonds is 5. The minimum Gasteiger partial charge on any atom is -0.379 e. The summed E-state index contributed by atoms with van der Waals surface area (Å²) in [6, 6.07) is 0. The van der Waals surface area contributed by atoms with Crippen molar-refractivity contribution in [2.24, 2.45) is 0 Å². The van der Waals surface area contributed by atoms with Crippen LogP contribution in [0.15, 0.2) is 0 Å². The molecule has 2 unspecified atom stereocenters. The van der Waals surface area contributed by atoms with Crippen LogP contribution in [0.3, 0.4) is 0 Å². The lowest BCUT2D eigenvalue weighted by atomic mass is 9.96. The fraction of sp³-hybridized carbons (Fsp3) is 1.00. The van der Waals surface area contributed by atoms with Crippen molar-refractivity contribution in [3.8, 4) is 0 Å². The Morgan fingerprint density at radius 2 is 2.25 bits per heavy atom. The molecule has 1 rings (SSSR count). The molecular formula is C9H18O3. The molecule has 0 amide bonds. The third-order valence-corrected chi connectivity index (χ3v) is 2.34. The van der Waals surface area contributed by atoms with E-state index in [1.54, 1.807) is 0 Å². The van der Waals surface area contributed by atoms with Crippen LogP contribution in [0.2, 0.25) is 0 Å². The predicted molar refractivity (Wildman–Crippen MR) is 46.3 cm³/mol. The Balaban J connectivity index is 2.06. The van der Waals surface area contributed by atoms with Crippen LogP contribution in [0.4, 0.5) is 0 Å². The molecule has 1 aliphatic heterocycles. The van der Waals surface area contributed by atoms with Gasteiger partial charge < -0.3 is 14.2 Å². The molecule has 0 radical (unpaired) electrons. The maximum Gasteiger partial charge on any atom is 0.114 e. The lowest BCUT2D eigenvalue weighted by Gasteiger charge is -2.44. The highest BCUT2D eigenvalue weighted by molar-refractivity contribution is 4.90. The second kappa shape index (κ2) is 4.21. The SMILES string of the molecule is CCOCCOC1(C)COC1C. The Morgan fingerprint density at radius 1 is 1.50 bits per heavy atom. The van der Waals surface area contributed by atoms with E-state index in [1.165, 1.54) is 0 Å². The van der Waals surface area contributed by atoms with E-state index in [-0.39, 0.29) is 11.7 Å².